The van der Waals surface area contributed by atoms with E-state index in [2.05, 4.69) is 0 Å². The number of nitriles is 1. The molecule has 2 N–H and O–H groups in total. The number of anilines is 2. The third kappa shape index (κ3) is 3.32. The predicted octanol–water partition coefficient (Wildman–Crippen LogP) is 4.43. The molecule has 0 radical (unpaired) electrons. The number of piperidine rings is 1. The number of benzene rings is 2. The van der Waals surface area contributed by atoms with Crippen LogP contribution >= 0.6 is 0 Å². The maximum atomic E-state index is 14.7. The SMILES string of the molecule is N#Cc1ccc(N2CCC(C(F)(F)c3cc(F)ccc3F)CC2)c(N)c1. The van der Waals surface area contributed by atoms with Crippen molar-refractivity contribution in [3.05, 3.63) is 59.2 Å². The van der Waals surface area contributed by atoms with Gasteiger partial charge in [0.1, 0.15) is 11.6 Å². The number of nitrogens with two attached hydrogens (primary N) is 1. The average Bonchev–Trinajstić information content (AvgIpc) is 2.63. The zero-order valence-electron chi connectivity index (χ0n) is 13.9. The number of hydrogen-bond donors (Lipinski definition) is 1. The van der Waals surface area contributed by atoms with Gasteiger partial charge in [0.2, 0.25) is 0 Å². The topological polar surface area (TPSA) is 53.0 Å². The molecule has 1 fully saturated rings. The second-order valence-corrected chi connectivity index (χ2v) is 6.39. The molecule has 7 heteroatoms. The third-order valence-electron chi connectivity index (χ3n) is 4.79. The van der Waals surface area contributed by atoms with Crippen LogP contribution in [0.3, 0.4) is 0 Å². The first-order chi connectivity index (χ1) is 12.3. The lowest BCUT2D eigenvalue weighted by Crippen LogP contribution is -2.40. The maximum Gasteiger partial charge on any atom is 0.279 e. The summed E-state index contributed by atoms with van der Waals surface area (Å²) in [4.78, 5) is 1.87. The molecule has 0 spiro atoms. The Balaban J connectivity index is 1.76. The van der Waals surface area contributed by atoms with E-state index in [9.17, 15) is 17.6 Å². The van der Waals surface area contributed by atoms with E-state index in [-0.39, 0.29) is 12.8 Å². The Morgan fingerprint density at radius 1 is 1.08 bits per heavy atom. The normalized spacial score (nSPS) is 15.7. The van der Waals surface area contributed by atoms with Gasteiger partial charge in [-0.25, -0.2) is 17.6 Å². The molecule has 3 rings (SSSR count). The van der Waals surface area contributed by atoms with Crippen molar-refractivity contribution in [2.45, 2.75) is 18.8 Å². The van der Waals surface area contributed by atoms with Crippen LogP contribution in [0.4, 0.5) is 28.9 Å². The van der Waals surface area contributed by atoms with Gasteiger partial charge >= 0.3 is 0 Å². The monoisotopic (exact) mass is 363 g/mol. The minimum atomic E-state index is -3.45. The minimum Gasteiger partial charge on any atom is -0.397 e. The van der Waals surface area contributed by atoms with Gasteiger partial charge in [-0.15, -0.1) is 0 Å². The smallest absolute Gasteiger partial charge is 0.279 e. The molecule has 0 aliphatic carbocycles. The van der Waals surface area contributed by atoms with Crippen LogP contribution < -0.4 is 10.6 Å². The van der Waals surface area contributed by atoms with Crippen molar-refractivity contribution in [2.75, 3.05) is 23.7 Å². The van der Waals surface area contributed by atoms with Crippen molar-refractivity contribution < 1.29 is 17.6 Å². The van der Waals surface area contributed by atoms with E-state index < -0.39 is 29.0 Å². The first-order valence-corrected chi connectivity index (χ1v) is 8.21. The molecule has 1 aliphatic heterocycles. The fourth-order valence-corrected chi connectivity index (χ4v) is 3.37. The maximum absolute atomic E-state index is 14.7. The zero-order valence-corrected chi connectivity index (χ0v) is 13.9. The van der Waals surface area contributed by atoms with Crippen molar-refractivity contribution >= 4 is 11.4 Å². The molecule has 136 valence electrons. The molecule has 1 saturated heterocycles. The number of rotatable bonds is 3. The second kappa shape index (κ2) is 6.87. The largest absolute Gasteiger partial charge is 0.397 e. The zero-order chi connectivity index (χ0) is 18.9. The van der Waals surface area contributed by atoms with Gasteiger partial charge in [0.25, 0.3) is 5.92 Å². The Morgan fingerprint density at radius 3 is 2.38 bits per heavy atom. The van der Waals surface area contributed by atoms with Gasteiger partial charge in [0, 0.05) is 19.0 Å². The molecule has 2 aromatic carbocycles. The fraction of sp³-hybridized carbons (Fsp3) is 0.316. The molecule has 1 heterocycles. The van der Waals surface area contributed by atoms with Gasteiger partial charge in [-0.2, -0.15) is 5.26 Å². The van der Waals surface area contributed by atoms with Crippen molar-refractivity contribution in [1.29, 1.82) is 5.26 Å². The Kier molecular flexibility index (Phi) is 4.77. The van der Waals surface area contributed by atoms with Gasteiger partial charge in [-0.3, -0.25) is 0 Å². The molecule has 0 aromatic heterocycles. The molecule has 0 unspecified atom stereocenters. The van der Waals surface area contributed by atoms with E-state index in [1.807, 2.05) is 11.0 Å². The highest BCUT2D eigenvalue weighted by Crippen LogP contribution is 2.43. The van der Waals surface area contributed by atoms with Crippen LogP contribution in [-0.4, -0.2) is 13.1 Å². The summed E-state index contributed by atoms with van der Waals surface area (Å²) >= 11 is 0. The van der Waals surface area contributed by atoms with Crippen molar-refractivity contribution in [3.63, 3.8) is 0 Å². The van der Waals surface area contributed by atoms with Crippen LogP contribution in [0.15, 0.2) is 36.4 Å². The van der Waals surface area contributed by atoms with Gasteiger partial charge in [-0.05, 0) is 49.2 Å². The molecule has 2 aromatic rings. The Morgan fingerprint density at radius 2 is 1.77 bits per heavy atom. The summed E-state index contributed by atoms with van der Waals surface area (Å²) in [5.41, 5.74) is 6.57. The predicted molar refractivity (Wildman–Crippen MR) is 90.8 cm³/mol. The molecule has 1 aliphatic rings. The van der Waals surface area contributed by atoms with Crippen LogP contribution in [0.25, 0.3) is 0 Å². The van der Waals surface area contributed by atoms with Crippen LogP contribution in [0.1, 0.15) is 24.0 Å². The highest BCUT2D eigenvalue weighted by molar-refractivity contribution is 5.69. The van der Waals surface area contributed by atoms with Crippen molar-refractivity contribution in [3.8, 4) is 6.07 Å². The highest BCUT2D eigenvalue weighted by atomic mass is 19.3. The lowest BCUT2D eigenvalue weighted by Gasteiger charge is -2.37. The van der Waals surface area contributed by atoms with Crippen LogP contribution in [0, 0.1) is 28.9 Å². The summed E-state index contributed by atoms with van der Waals surface area (Å²) < 4.78 is 56.5. The second-order valence-electron chi connectivity index (χ2n) is 6.39. The summed E-state index contributed by atoms with van der Waals surface area (Å²) in [6.45, 7) is 0.626. The van der Waals surface area contributed by atoms with Crippen LogP contribution in [0.5, 0.6) is 0 Å². The number of hydrogen-bond acceptors (Lipinski definition) is 3. The summed E-state index contributed by atoms with van der Waals surface area (Å²) in [7, 11) is 0. The molecule has 26 heavy (non-hydrogen) atoms. The number of nitrogens with zero attached hydrogens (tertiary/aromatic N) is 2. The highest BCUT2D eigenvalue weighted by Gasteiger charge is 2.44. The Bertz CT molecular complexity index is 852. The van der Waals surface area contributed by atoms with E-state index >= 15 is 0 Å². The minimum absolute atomic E-state index is 0.113. The average molecular weight is 363 g/mol. The summed E-state index contributed by atoms with van der Waals surface area (Å²) in [5, 5.41) is 8.88. The van der Waals surface area contributed by atoms with Gasteiger partial charge in [0.15, 0.2) is 0 Å². The van der Waals surface area contributed by atoms with Crippen LogP contribution in [0.2, 0.25) is 0 Å². The summed E-state index contributed by atoms with van der Waals surface area (Å²) in [5.74, 6) is -6.53. The Labute approximate surface area is 148 Å². The number of halogens is 4. The van der Waals surface area contributed by atoms with Crippen molar-refractivity contribution in [2.24, 2.45) is 5.92 Å². The molecule has 0 saturated carbocycles. The quantitative estimate of drug-likeness (QED) is 0.648. The number of nitrogen functional groups attached to an aromatic ring is 1. The van der Waals surface area contributed by atoms with E-state index in [1.165, 1.54) is 6.07 Å². The van der Waals surface area contributed by atoms with Gasteiger partial charge in [0.05, 0.1) is 28.6 Å². The molecular weight excluding hydrogens is 346 g/mol. The summed E-state index contributed by atoms with van der Waals surface area (Å²) in [6, 6.07) is 8.96. The fourth-order valence-electron chi connectivity index (χ4n) is 3.37. The Hall–Kier alpha value is -2.75. The van der Waals surface area contributed by atoms with Crippen molar-refractivity contribution in [1.82, 2.24) is 0 Å². The first-order valence-electron chi connectivity index (χ1n) is 8.21. The summed E-state index contributed by atoms with van der Waals surface area (Å²) in [6.07, 6.45) is 0.227. The molecule has 0 atom stereocenters. The van der Waals surface area contributed by atoms with Gasteiger partial charge < -0.3 is 10.6 Å². The van der Waals surface area contributed by atoms with Gasteiger partial charge in [-0.1, -0.05) is 0 Å². The molecule has 0 amide bonds. The molecule has 3 nitrogen and oxygen atoms in total. The van der Waals surface area contributed by atoms with E-state index in [1.54, 1.807) is 12.1 Å². The molecular formula is C19H17F4N3. The standard InChI is InChI=1S/C19H17F4N3/c20-14-2-3-16(21)15(10-14)19(22,23)13-5-7-26(8-6-13)18-4-1-12(11-24)9-17(18)25/h1-4,9-10,13H,5-8,25H2. The van der Waals surface area contributed by atoms with E-state index in [0.717, 1.165) is 12.1 Å². The molecule has 0 bridgehead atoms. The van der Waals surface area contributed by atoms with Crippen LogP contribution in [-0.2, 0) is 5.92 Å². The lowest BCUT2D eigenvalue weighted by molar-refractivity contribution is -0.0763. The van der Waals surface area contributed by atoms with E-state index in [4.69, 9.17) is 11.0 Å². The lowest BCUT2D eigenvalue weighted by atomic mass is 9.86. The third-order valence-corrected chi connectivity index (χ3v) is 4.79. The number of alkyl halides is 2. The van der Waals surface area contributed by atoms with E-state index in [0.29, 0.717) is 36.1 Å². The first kappa shape index (κ1) is 18.1.